The van der Waals surface area contributed by atoms with Crippen molar-refractivity contribution in [1.29, 1.82) is 0 Å². The summed E-state index contributed by atoms with van der Waals surface area (Å²) in [5.41, 5.74) is 1.22. The van der Waals surface area contributed by atoms with E-state index < -0.39 is 0 Å². The van der Waals surface area contributed by atoms with Gasteiger partial charge >= 0.3 is 0 Å². The van der Waals surface area contributed by atoms with E-state index in [2.05, 4.69) is 5.32 Å². The van der Waals surface area contributed by atoms with Crippen molar-refractivity contribution in [2.75, 3.05) is 13.7 Å². The van der Waals surface area contributed by atoms with Gasteiger partial charge in [-0.3, -0.25) is 0 Å². The van der Waals surface area contributed by atoms with Crippen LogP contribution in [0.1, 0.15) is 18.9 Å². The van der Waals surface area contributed by atoms with E-state index in [1.807, 2.05) is 24.3 Å². The normalized spacial score (nSPS) is 12.5. The molecule has 1 aromatic rings. The van der Waals surface area contributed by atoms with Gasteiger partial charge in [0.1, 0.15) is 5.75 Å². The fourth-order valence-electron chi connectivity index (χ4n) is 1.29. The molecule has 0 radical (unpaired) electrons. The molecule has 0 heterocycles. The minimum Gasteiger partial charge on any atom is -0.497 e. The number of hydrogen-bond acceptors (Lipinski definition) is 3. The Morgan fingerprint density at radius 1 is 1.33 bits per heavy atom. The lowest BCUT2D eigenvalue weighted by atomic mass is 10.2. The van der Waals surface area contributed by atoms with Gasteiger partial charge in [0.25, 0.3) is 0 Å². The third-order valence-corrected chi connectivity index (χ3v) is 2.23. The van der Waals surface area contributed by atoms with Crippen LogP contribution >= 0.6 is 0 Å². The molecule has 2 N–H and O–H groups in total. The van der Waals surface area contributed by atoms with E-state index in [0.717, 1.165) is 25.3 Å². The second kappa shape index (κ2) is 6.43. The van der Waals surface area contributed by atoms with E-state index in [4.69, 9.17) is 9.84 Å². The molecule has 0 amide bonds. The first-order chi connectivity index (χ1) is 7.22. The fraction of sp³-hybridized carbons (Fsp3) is 0.500. The fourth-order valence-corrected chi connectivity index (χ4v) is 1.29. The molecule has 1 rings (SSSR count). The Balaban J connectivity index is 2.25. The highest BCUT2D eigenvalue weighted by atomic mass is 16.5. The average molecular weight is 209 g/mol. The number of aliphatic hydroxyl groups excluding tert-OH is 1. The maximum Gasteiger partial charge on any atom is 0.118 e. The number of hydrogen-bond donors (Lipinski definition) is 2. The molecule has 0 aliphatic rings. The maximum atomic E-state index is 9.06. The number of nitrogens with one attached hydrogen (secondary N) is 1. The molecule has 0 aliphatic heterocycles. The zero-order valence-corrected chi connectivity index (χ0v) is 9.36. The lowest BCUT2D eigenvalue weighted by Gasteiger charge is -2.07. The van der Waals surface area contributed by atoms with Gasteiger partial charge in [0.05, 0.1) is 13.2 Å². The summed E-state index contributed by atoms with van der Waals surface area (Å²) in [4.78, 5) is 0. The van der Waals surface area contributed by atoms with Crippen molar-refractivity contribution in [3.63, 3.8) is 0 Å². The van der Waals surface area contributed by atoms with Gasteiger partial charge in [-0.2, -0.15) is 0 Å². The lowest BCUT2D eigenvalue weighted by Crippen LogP contribution is -2.18. The van der Waals surface area contributed by atoms with Crippen LogP contribution in [0.2, 0.25) is 0 Å². The second-order valence-electron chi connectivity index (χ2n) is 3.66. The standard InChI is InChI=1S/C12H19NO2/c1-10(14)7-8-13-9-11-3-5-12(15-2)6-4-11/h3-6,10,13-14H,7-9H2,1-2H3/t10-/m0/s1. The summed E-state index contributed by atoms with van der Waals surface area (Å²) in [5.74, 6) is 0.878. The van der Waals surface area contributed by atoms with Crippen LogP contribution in [0, 0.1) is 0 Å². The van der Waals surface area contributed by atoms with E-state index in [1.54, 1.807) is 14.0 Å². The Morgan fingerprint density at radius 3 is 2.53 bits per heavy atom. The minimum atomic E-state index is -0.228. The van der Waals surface area contributed by atoms with Gasteiger partial charge in [0, 0.05) is 6.54 Å². The molecule has 0 fully saturated rings. The summed E-state index contributed by atoms with van der Waals surface area (Å²) >= 11 is 0. The lowest BCUT2D eigenvalue weighted by molar-refractivity contribution is 0.183. The van der Waals surface area contributed by atoms with Crippen LogP contribution in [-0.2, 0) is 6.54 Å². The number of aliphatic hydroxyl groups is 1. The molecule has 0 aliphatic carbocycles. The summed E-state index contributed by atoms with van der Waals surface area (Å²) in [5, 5.41) is 12.3. The van der Waals surface area contributed by atoms with E-state index in [-0.39, 0.29) is 6.10 Å². The van der Waals surface area contributed by atoms with Gasteiger partial charge in [-0.1, -0.05) is 12.1 Å². The molecule has 3 nitrogen and oxygen atoms in total. The van der Waals surface area contributed by atoms with Crippen molar-refractivity contribution >= 4 is 0 Å². The first-order valence-corrected chi connectivity index (χ1v) is 5.24. The number of methoxy groups -OCH3 is 1. The predicted octanol–water partition coefficient (Wildman–Crippen LogP) is 1.56. The van der Waals surface area contributed by atoms with E-state index >= 15 is 0 Å². The quantitative estimate of drug-likeness (QED) is 0.699. The molecule has 3 heteroatoms. The Morgan fingerprint density at radius 2 is 2.00 bits per heavy atom. The van der Waals surface area contributed by atoms with Crippen LogP contribution < -0.4 is 10.1 Å². The molecule has 0 saturated heterocycles. The number of ether oxygens (including phenoxy) is 1. The van der Waals surface area contributed by atoms with Crippen molar-refractivity contribution in [1.82, 2.24) is 5.32 Å². The first-order valence-electron chi connectivity index (χ1n) is 5.24. The molecule has 0 aromatic heterocycles. The average Bonchev–Trinajstić information content (AvgIpc) is 2.25. The molecule has 0 unspecified atom stereocenters. The summed E-state index contributed by atoms with van der Waals surface area (Å²) in [6.07, 6.45) is 0.559. The zero-order chi connectivity index (χ0) is 11.1. The Bertz CT molecular complexity index is 269. The largest absolute Gasteiger partial charge is 0.497 e. The highest BCUT2D eigenvalue weighted by molar-refractivity contribution is 5.26. The molecule has 0 bridgehead atoms. The van der Waals surface area contributed by atoms with Gasteiger partial charge in [-0.25, -0.2) is 0 Å². The molecule has 84 valence electrons. The highest BCUT2D eigenvalue weighted by Gasteiger charge is 1.96. The van der Waals surface area contributed by atoms with E-state index in [1.165, 1.54) is 5.56 Å². The first kappa shape index (κ1) is 12.0. The smallest absolute Gasteiger partial charge is 0.118 e. The molecule has 0 spiro atoms. The van der Waals surface area contributed by atoms with Gasteiger partial charge in [-0.05, 0) is 37.6 Å². The molecular weight excluding hydrogens is 190 g/mol. The summed E-state index contributed by atoms with van der Waals surface area (Å²) < 4.78 is 5.07. The van der Waals surface area contributed by atoms with E-state index in [0.29, 0.717) is 0 Å². The van der Waals surface area contributed by atoms with E-state index in [9.17, 15) is 0 Å². The molecule has 15 heavy (non-hydrogen) atoms. The van der Waals surface area contributed by atoms with Gasteiger partial charge in [-0.15, -0.1) is 0 Å². The van der Waals surface area contributed by atoms with Crippen molar-refractivity contribution in [2.45, 2.75) is 26.0 Å². The summed E-state index contributed by atoms with van der Waals surface area (Å²) in [7, 11) is 1.66. The third kappa shape index (κ3) is 4.81. The Hall–Kier alpha value is -1.06. The van der Waals surface area contributed by atoms with Crippen LogP contribution in [0.3, 0.4) is 0 Å². The third-order valence-electron chi connectivity index (χ3n) is 2.23. The van der Waals surface area contributed by atoms with Crippen LogP contribution in [-0.4, -0.2) is 24.9 Å². The Labute approximate surface area is 91.1 Å². The summed E-state index contributed by atoms with van der Waals surface area (Å²) in [6, 6.07) is 7.97. The molecular formula is C12H19NO2. The van der Waals surface area contributed by atoms with Crippen LogP contribution in [0.4, 0.5) is 0 Å². The van der Waals surface area contributed by atoms with Gasteiger partial charge < -0.3 is 15.2 Å². The van der Waals surface area contributed by atoms with Crippen molar-refractivity contribution < 1.29 is 9.84 Å². The van der Waals surface area contributed by atoms with Crippen LogP contribution in [0.5, 0.6) is 5.75 Å². The maximum absolute atomic E-state index is 9.06. The number of benzene rings is 1. The molecule has 0 saturated carbocycles. The Kier molecular flexibility index (Phi) is 5.15. The van der Waals surface area contributed by atoms with Gasteiger partial charge in [0.2, 0.25) is 0 Å². The molecule has 1 aromatic carbocycles. The summed E-state index contributed by atoms with van der Waals surface area (Å²) in [6.45, 7) is 3.47. The SMILES string of the molecule is COc1ccc(CNCC[C@H](C)O)cc1. The predicted molar refractivity (Wildman–Crippen MR) is 61.0 cm³/mol. The molecule has 1 atom stereocenters. The monoisotopic (exact) mass is 209 g/mol. The van der Waals surface area contributed by atoms with Crippen LogP contribution in [0.25, 0.3) is 0 Å². The second-order valence-corrected chi connectivity index (χ2v) is 3.66. The van der Waals surface area contributed by atoms with Crippen LogP contribution in [0.15, 0.2) is 24.3 Å². The zero-order valence-electron chi connectivity index (χ0n) is 9.36. The minimum absolute atomic E-state index is 0.228. The van der Waals surface area contributed by atoms with Gasteiger partial charge in [0.15, 0.2) is 0 Å². The topological polar surface area (TPSA) is 41.5 Å². The van der Waals surface area contributed by atoms with Crippen molar-refractivity contribution in [3.8, 4) is 5.75 Å². The highest BCUT2D eigenvalue weighted by Crippen LogP contribution is 2.10. The number of rotatable bonds is 6. The van der Waals surface area contributed by atoms with Crippen molar-refractivity contribution in [3.05, 3.63) is 29.8 Å². The van der Waals surface area contributed by atoms with Crippen molar-refractivity contribution in [2.24, 2.45) is 0 Å².